The van der Waals surface area contributed by atoms with Crippen LogP contribution in [0.3, 0.4) is 0 Å². The highest BCUT2D eigenvalue weighted by Crippen LogP contribution is 2.23. The summed E-state index contributed by atoms with van der Waals surface area (Å²) in [5.74, 6) is 0. The van der Waals surface area contributed by atoms with Gasteiger partial charge in [-0.05, 0) is 40.8 Å². The van der Waals surface area contributed by atoms with Crippen LogP contribution < -0.4 is 5.32 Å². The normalized spacial score (nSPS) is 11.0. The van der Waals surface area contributed by atoms with Gasteiger partial charge in [0.05, 0.1) is 12.2 Å². The molecule has 0 aliphatic heterocycles. The summed E-state index contributed by atoms with van der Waals surface area (Å²) in [6, 6.07) is 2.08. The van der Waals surface area contributed by atoms with Gasteiger partial charge in [-0.1, -0.05) is 6.92 Å². The number of aryl methyl sites for hydroxylation is 1. The minimum Gasteiger partial charge on any atom is -0.313 e. The average molecular weight is 314 g/mol. The Morgan fingerprint density at radius 2 is 2.35 bits per heavy atom. The summed E-state index contributed by atoms with van der Waals surface area (Å²) in [6.45, 7) is 6.90. The Hall–Kier alpha value is -0.650. The summed E-state index contributed by atoms with van der Waals surface area (Å²) < 4.78 is 3.18. The van der Waals surface area contributed by atoms with E-state index in [0.717, 1.165) is 25.3 Å². The van der Waals surface area contributed by atoms with E-state index in [1.54, 1.807) is 11.3 Å². The summed E-state index contributed by atoms with van der Waals surface area (Å²) in [5, 5.41) is 9.96. The quantitative estimate of drug-likeness (QED) is 0.919. The molecule has 0 saturated carbocycles. The largest absolute Gasteiger partial charge is 0.313 e. The molecular formula is C12H16BrN3S. The third-order valence-electron chi connectivity index (χ3n) is 2.61. The van der Waals surface area contributed by atoms with Crippen molar-refractivity contribution in [2.24, 2.45) is 0 Å². The molecule has 0 aliphatic rings. The number of nitrogens with one attached hydrogen (secondary N) is 1. The Labute approximate surface area is 114 Å². The Kier molecular flexibility index (Phi) is 4.36. The highest BCUT2D eigenvalue weighted by Gasteiger charge is 2.07. The zero-order valence-electron chi connectivity index (χ0n) is 10.0. The lowest BCUT2D eigenvalue weighted by molar-refractivity contribution is 0.684. The lowest BCUT2D eigenvalue weighted by Crippen LogP contribution is -2.11. The van der Waals surface area contributed by atoms with Crippen LogP contribution >= 0.6 is 27.3 Å². The monoisotopic (exact) mass is 313 g/mol. The number of thiophene rings is 1. The molecule has 2 aromatic heterocycles. The van der Waals surface area contributed by atoms with Gasteiger partial charge in [-0.15, -0.1) is 11.3 Å². The Morgan fingerprint density at radius 1 is 1.53 bits per heavy atom. The van der Waals surface area contributed by atoms with Gasteiger partial charge in [0.25, 0.3) is 0 Å². The van der Waals surface area contributed by atoms with Crippen molar-refractivity contribution in [2.45, 2.75) is 26.9 Å². The van der Waals surface area contributed by atoms with Crippen molar-refractivity contribution in [1.82, 2.24) is 15.1 Å². The molecule has 2 aromatic rings. The molecule has 0 spiro atoms. The molecule has 0 bridgehead atoms. The van der Waals surface area contributed by atoms with Crippen LogP contribution in [0.15, 0.2) is 22.1 Å². The first-order chi connectivity index (χ1) is 8.20. The van der Waals surface area contributed by atoms with Gasteiger partial charge in [0, 0.05) is 27.7 Å². The van der Waals surface area contributed by atoms with Crippen molar-refractivity contribution in [3.63, 3.8) is 0 Å². The molecule has 0 radical (unpaired) electrons. The molecule has 0 atom stereocenters. The molecule has 2 heterocycles. The van der Waals surface area contributed by atoms with Crippen LogP contribution in [0.1, 0.15) is 23.1 Å². The molecule has 2 rings (SSSR count). The van der Waals surface area contributed by atoms with Gasteiger partial charge in [-0.3, -0.25) is 4.68 Å². The van der Waals surface area contributed by atoms with Crippen molar-refractivity contribution in [3.8, 4) is 0 Å². The van der Waals surface area contributed by atoms with Crippen molar-refractivity contribution < 1.29 is 0 Å². The van der Waals surface area contributed by atoms with Crippen molar-refractivity contribution in [1.29, 1.82) is 0 Å². The van der Waals surface area contributed by atoms with Gasteiger partial charge < -0.3 is 5.32 Å². The molecular weight excluding hydrogens is 298 g/mol. The molecule has 92 valence electrons. The van der Waals surface area contributed by atoms with E-state index >= 15 is 0 Å². The first-order valence-corrected chi connectivity index (χ1v) is 7.33. The van der Waals surface area contributed by atoms with Gasteiger partial charge >= 0.3 is 0 Å². The van der Waals surface area contributed by atoms with Crippen molar-refractivity contribution in [3.05, 3.63) is 38.3 Å². The molecule has 0 amide bonds. The minimum atomic E-state index is 0.839. The summed E-state index contributed by atoms with van der Waals surface area (Å²) >= 11 is 5.30. The number of nitrogens with zero attached hydrogens (tertiary/aromatic N) is 2. The number of hydrogen-bond donors (Lipinski definition) is 1. The molecule has 0 aromatic carbocycles. The average Bonchev–Trinajstić information content (AvgIpc) is 2.84. The zero-order valence-corrected chi connectivity index (χ0v) is 12.4. The van der Waals surface area contributed by atoms with Gasteiger partial charge in [-0.25, -0.2) is 0 Å². The fourth-order valence-electron chi connectivity index (χ4n) is 1.66. The van der Waals surface area contributed by atoms with E-state index in [2.05, 4.69) is 57.8 Å². The van der Waals surface area contributed by atoms with Crippen LogP contribution in [0.25, 0.3) is 0 Å². The van der Waals surface area contributed by atoms with Crippen LogP contribution in [0.5, 0.6) is 0 Å². The van der Waals surface area contributed by atoms with E-state index in [9.17, 15) is 0 Å². The summed E-state index contributed by atoms with van der Waals surface area (Å²) in [7, 11) is 0. The lowest BCUT2D eigenvalue weighted by Gasteiger charge is -1.99. The van der Waals surface area contributed by atoms with Gasteiger partial charge in [-0.2, -0.15) is 5.10 Å². The minimum absolute atomic E-state index is 0.839. The fourth-order valence-corrected chi connectivity index (χ4v) is 3.13. The standard InChI is InChI=1S/C12H16BrN3S/c1-3-14-6-10-7-16(15-9(10)2)8-12-11(13)4-5-17-12/h4-5,7,14H,3,6,8H2,1-2H3. The van der Waals surface area contributed by atoms with E-state index in [1.807, 2.05) is 4.68 Å². The molecule has 17 heavy (non-hydrogen) atoms. The van der Waals surface area contributed by atoms with Gasteiger partial charge in [0.1, 0.15) is 0 Å². The Bertz CT molecular complexity index is 490. The Balaban J connectivity index is 2.09. The third kappa shape index (κ3) is 3.18. The summed E-state index contributed by atoms with van der Waals surface area (Å²) in [5.41, 5.74) is 2.39. The van der Waals surface area contributed by atoms with Crippen molar-refractivity contribution in [2.75, 3.05) is 6.54 Å². The van der Waals surface area contributed by atoms with E-state index in [4.69, 9.17) is 0 Å². The topological polar surface area (TPSA) is 29.9 Å². The third-order valence-corrected chi connectivity index (χ3v) is 4.52. The molecule has 0 unspecified atom stereocenters. The van der Waals surface area contributed by atoms with Gasteiger partial charge in [0.15, 0.2) is 0 Å². The van der Waals surface area contributed by atoms with Crippen LogP contribution in [0, 0.1) is 6.92 Å². The van der Waals surface area contributed by atoms with E-state index in [1.165, 1.54) is 14.9 Å². The lowest BCUT2D eigenvalue weighted by atomic mass is 10.2. The smallest absolute Gasteiger partial charge is 0.0763 e. The SMILES string of the molecule is CCNCc1cn(Cc2sccc2Br)nc1C. The van der Waals surface area contributed by atoms with E-state index in [0.29, 0.717) is 0 Å². The summed E-state index contributed by atoms with van der Waals surface area (Å²) in [6.07, 6.45) is 2.13. The highest BCUT2D eigenvalue weighted by atomic mass is 79.9. The number of hydrogen-bond acceptors (Lipinski definition) is 3. The maximum absolute atomic E-state index is 4.54. The highest BCUT2D eigenvalue weighted by molar-refractivity contribution is 9.10. The first kappa shape index (κ1) is 12.8. The first-order valence-electron chi connectivity index (χ1n) is 5.66. The predicted molar refractivity (Wildman–Crippen MR) is 75.5 cm³/mol. The number of aromatic nitrogens is 2. The molecule has 0 aliphatic carbocycles. The second-order valence-electron chi connectivity index (χ2n) is 3.91. The van der Waals surface area contributed by atoms with E-state index < -0.39 is 0 Å². The Morgan fingerprint density at radius 3 is 3.00 bits per heavy atom. The molecule has 1 N–H and O–H groups in total. The molecule has 0 saturated heterocycles. The van der Waals surface area contributed by atoms with E-state index in [-0.39, 0.29) is 0 Å². The molecule has 3 nitrogen and oxygen atoms in total. The summed E-state index contributed by atoms with van der Waals surface area (Å²) in [4.78, 5) is 1.31. The molecule has 5 heteroatoms. The predicted octanol–water partition coefficient (Wildman–Crippen LogP) is 3.17. The van der Waals surface area contributed by atoms with Crippen LogP contribution in [0.2, 0.25) is 0 Å². The zero-order chi connectivity index (χ0) is 12.3. The fraction of sp³-hybridized carbons (Fsp3) is 0.417. The van der Waals surface area contributed by atoms with Crippen LogP contribution in [-0.2, 0) is 13.1 Å². The number of halogens is 1. The molecule has 0 fully saturated rings. The maximum Gasteiger partial charge on any atom is 0.0763 e. The number of rotatable bonds is 5. The second kappa shape index (κ2) is 5.80. The second-order valence-corrected chi connectivity index (χ2v) is 5.76. The van der Waals surface area contributed by atoms with Crippen LogP contribution in [-0.4, -0.2) is 16.3 Å². The van der Waals surface area contributed by atoms with Gasteiger partial charge in [0.2, 0.25) is 0 Å². The maximum atomic E-state index is 4.54. The van der Waals surface area contributed by atoms with Crippen LogP contribution in [0.4, 0.5) is 0 Å². The van der Waals surface area contributed by atoms with Crippen molar-refractivity contribution >= 4 is 27.3 Å².